The van der Waals surface area contributed by atoms with Gasteiger partial charge >= 0.3 is 0 Å². The molecule has 5 heteroatoms. The first-order chi connectivity index (χ1) is 9.13. The minimum Gasteiger partial charge on any atom is -0.388 e. The molecule has 1 aromatic heterocycles. The van der Waals surface area contributed by atoms with Crippen molar-refractivity contribution >= 4 is 11.6 Å². The van der Waals surface area contributed by atoms with Crippen molar-refractivity contribution in [1.82, 2.24) is 4.98 Å². The van der Waals surface area contributed by atoms with E-state index in [4.69, 9.17) is 17.3 Å². The molecule has 0 radical (unpaired) electrons. The lowest BCUT2D eigenvalue weighted by Gasteiger charge is -2.21. The first-order valence-corrected chi connectivity index (χ1v) is 6.25. The maximum atomic E-state index is 13.8. The number of aliphatic hydroxyl groups excluding tert-OH is 1. The van der Waals surface area contributed by atoms with E-state index < -0.39 is 17.8 Å². The molecule has 0 aliphatic carbocycles. The third kappa shape index (κ3) is 3.10. The van der Waals surface area contributed by atoms with E-state index >= 15 is 0 Å². The van der Waals surface area contributed by atoms with Gasteiger partial charge in [-0.25, -0.2) is 4.39 Å². The number of nitrogens with zero attached hydrogens (tertiary/aromatic N) is 1. The normalized spacial score (nSPS) is 14.1. The van der Waals surface area contributed by atoms with E-state index in [1.165, 1.54) is 18.2 Å². The summed E-state index contributed by atoms with van der Waals surface area (Å²) in [6.45, 7) is 0.157. The van der Waals surface area contributed by atoms with Gasteiger partial charge in [0.25, 0.3) is 0 Å². The van der Waals surface area contributed by atoms with Gasteiger partial charge in [0.05, 0.1) is 6.10 Å². The number of hydrogen-bond acceptors (Lipinski definition) is 3. The van der Waals surface area contributed by atoms with Crippen molar-refractivity contribution in [2.75, 3.05) is 6.54 Å². The molecule has 0 aliphatic heterocycles. The van der Waals surface area contributed by atoms with Gasteiger partial charge < -0.3 is 10.8 Å². The predicted octanol–water partition coefficient (Wildman–Crippen LogP) is 2.65. The Morgan fingerprint density at radius 2 is 2.11 bits per heavy atom. The van der Waals surface area contributed by atoms with Crippen LogP contribution in [0.2, 0.25) is 5.02 Å². The standard InChI is InChI=1S/C14H14ClFN2O/c15-9-4-5-12(16)10(7-9)14(19)11(8-17)13-3-1-2-6-18-13/h1-7,11,14,19H,8,17H2. The van der Waals surface area contributed by atoms with Gasteiger partial charge in [-0.05, 0) is 30.3 Å². The molecule has 0 aliphatic rings. The molecule has 1 aromatic carbocycles. The number of aliphatic hydroxyl groups is 1. The van der Waals surface area contributed by atoms with E-state index in [2.05, 4.69) is 4.98 Å². The van der Waals surface area contributed by atoms with Crippen molar-refractivity contribution in [3.8, 4) is 0 Å². The minimum atomic E-state index is -1.08. The largest absolute Gasteiger partial charge is 0.388 e. The maximum absolute atomic E-state index is 13.8. The first-order valence-electron chi connectivity index (χ1n) is 5.87. The fourth-order valence-electron chi connectivity index (χ4n) is 1.96. The van der Waals surface area contributed by atoms with Crippen LogP contribution >= 0.6 is 11.6 Å². The summed E-state index contributed by atoms with van der Waals surface area (Å²) in [5, 5.41) is 10.7. The Morgan fingerprint density at radius 1 is 1.32 bits per heavy atom. The molecule has 3 nitrogen and oxygen atoms in total. The quantitative estimate of drug-likeness (QED) is 0.905. The van der Waals surface area contributed by atoms with E-state index in [0.717, 1.165) is 0 Å². The molecular weight excluding hydrogens is 267 g/mol. The summed E-state index contributed by atoms with van der Waals surface area (Å²) in [5.41, 5.74) is 6.43. The van der Waals surface area contributed by atoms with Crippen molar-refractivity contribution < 1.29 is 9.50 Å². The van der Waals surface area contributed by atoms with Gasteiger partial charge in [0.15, 0.2) is 0 Å². The summed E-state index contributed by atoms with van der Waals surface area (Å²) in [4.78, 5) is 4.15. The van der Waals surface area contributed by atoms with Crippen LogP contribution in [0.5, 0.6) is 0 Å². The number of aromatic nitrogens is 1. The third-order valence-electron chi connectivity index (χ3n) is 2.98. The van der Waals surface area contributed by atoms with Gasteiger partial charge in [-0.1, -0.05) is 17.7 Å². The Bertz CT molecular complexity index is 550. The van der Waals surface area contributed by atoms with Crippen molar-refractivity contribution in [3.05, 3.63) is 64.7 Å². The van der Waals surface area contributed by atoms with Crippen LogP contribution in [-0.4, -0.2) is 16.6 Å². The lowest BCUT2D eigenvalue weighted by molar-refractivity contribution is 0.141. The Labute approximate surface area is 115 Å². The molecule has 2 rings (SSSR count). The lowest BCUT2D eigenvalue weighted by atomic mass is 9.92. The second-order valence-corrected chi connectivity index (χ2v) is 4.64. The fraction of sp³-hybridized carbons (Fsp3) is 0.214. The highest BCUT2D eigenvalue weighted by Crippen LogP contribution is 2.31. The number of hydrogen-bond donors (Lipinski definition) is 2. The van der Waals surface area contributed by atoms with Gasteiger partial charge in [0.1, 0.15) is 5.82 Å². The Balaban J connectivity index is 2.36. The summed E-state index contributed by atoms with van der Waals surface area (Å²) < 4.78 is 13.8. The molecule has 3 N–H and O–H groups in total. The van der Waals surface area contributed by atoms with E-state index in [1.54, 1.807) is 24.4 Å². The minimum absolute atomic E-state index is 0.133. The van der Waals surface area contributed by atoms with Gasteiger partial charge in [0.2, 0.25) is 0 Å². The molecule has 0 amide bonds. The molecule has 2 unspecified atom stereocenters. The van der Waals surface area contributed by atoms with E-state index in [1.807, 2.05) is 0 Å². The zero-order chi connectivity index (χ0) is 13.8. The second-order valence-electron chi connectivity index (χ2n) is 4.21. The number of halogens is 2. The first kappa shape index (κ1) is 13.9. The van der Waals surface area contributed by atoms with Gasteiger partial charge in [-0.2, -0.15) is 0 Å². The zero-order valence-electron chi connectivity index (χ0n) is 10.1. The van der Waals surface area contributed by atoms with Crippen LogP contribution in [0.15, 0.2) is 42.6 Å². The molecule has 0 bridgehead atoms. The number of nitrogens with two attached hydrogens (primary N) is 1. The van der Waals surface area contributed by atoms with E-state index in [-0.39, 0.29) is 12.1 Å². The summed E-state index contributed by atoms with van der Waals surface area (Å²) in [5.74, 6) is -0.986. The molecule has 0 spiro atoms. The van der Waals surface area contributed by atoms with Crippen molar-refractivity contribution in [3.63, 3.8) is 0 Å². The SMILES string of the molecule is NCC(c1ccccn1)C(O)c1cc(Cl)ccc1F. The molecule has 0 fully saturated rings. The monoisotopic (exact) mass is 280 g/mol. The molecule has 2 aromatic rings. The second kappa shape index (κ2) is 6.10. The molecule has 19 heavy (non-hydrogen) atoms. The van der Waals surface area contributed by atoms with Crippen LogP contribution in [0.3, 0.4) is 0 Å². The van der Waals surface area contributed by atoms with Gasteiger partial charge in [0, 0.05) is 34.9 Å². The highest BCUT2D eigenvalue weighted by Gasteiger charge is 2.25. The van der Waals surface area contributed by atoms with Crippen LogP contribution in [-0.2, 0) is 0 Å². The topological polar surface area (TPSA) is 59.1 Å². The molecule has 0 saturated carbocycles. The zero-order valence-corrected chi connectivity index (χ0v) is 10.9. The average Bonchev–Trinajstić information content (AvgIpc) is 2.43. The Kier molecular flexibility index (Phi) is 4.47. The average molecular weight is 281 g/mol. The maximum Gasteiger partial charge on any atom is 0.129 e. The Hall–Kier alpha value is -1.49. The Morgan fingerprint density at radius 3 is 2.74 bits per heavy atom. The van der Waals surface area contributed by atoms with E-state index in [0.29, 0.717) is 10.7 Å². The van der Waals surface area contributed by atoms with Crippen molar-refractivity contribution in [2.45, 2.75) is 12.0 Å². The molecule has 100 valence electrons. The smallest absolute Gasteiger partial charge is 0.129 e. The van der Waals surface area contributed by atoms with Crippen LogP contribution < -0.4 is 5.73 Å². The number of pyridine rings is 1. The van der Waals surface area contributed by atoms with Crippen LogP contribution in [0.25, 0.3) is 0 Å². The summed E-state index contributed by atoms with van der Waals surface area (Å²) in [7, 11) is 0. The third-order valence-corrected chi connectivity index (χ3v) is 3.21. The fourth-order valence-corrected chi connectivity index (χ4v) is 2.15. The highest BCUT2D eigenvalue weighted by atomic mass is 35.5. The highest BCUT2D eigenvalue weighted by molar-refractivity contribution is 6.30. The lowest BCUT2D eigenvalue weighted by Crippen LogP contribution is -2.21. The van der Waals surface area contributed by atoms with E-state index in [9.17, 15) is 9.50 Å². The predicted molar refractivity (Wildman–Crippen MR) is 72.4 cm³/mol. The van der Waals surface area contributed by atoms with Crippen molar-refractivity contribution in [1.29, 1.82) is 0 Å². The summed E-state index contributed by atoms with van der Waals surface area (Å²) in [6.07, 6.45) is 0.526. The van der Waals surface area contributed by atoms with Gasteiger partial charge in [-0.15, -0.1) is 0 Å². The number of benzene rings is 1. The molecule has 2 atom stereocenters. The van der Waals surface area contributed by atoms with Gasteiger partial charge in [-0.3, -0.25) is 4.98 Å². The van der Waals surface area contributed by atoms with Crippen LogP contribution in [0.1, 0.15) is 23.3 Å². The summed E-state index contributed by atoms with van der Waals surface area (Å²) >= 11 is 5.83. The summed E-state index contributed by atoms with van der Waals surface area (Å²) in [6, 6.07) is 9.39. The van der Waals surface area contributed by atoms with Crippen molar-refractivity contribution in [2.24, 2.45) is 5.73 Å². The van der Waals surface area contributed by atoms with Crippen LogP contribution in [0, 0.1) is 5.82 Å². The molecule has 1 heterocycles. The molecule has 0 saturated heterocycles. The van der Waals surface area contributed by atoms with Crippen LogP contribution in [0.4, 0.5) is 4.39 Å². The molecular formula is C14H14ClFN2O. The number of rotatable bonds is 4.